The lowest BCUT2D eigenvalue weighted by Gasteiger charge is -1.92. The zero-order valence-corrected chi connectivity index (χ0v) is 9.27. The summed E-state index contributed by atoms with van der Waals surface area (Å²) in [6.07, 6.45) is 4.24. The van der Waals surface area contributed by atoms with Crippen LogP contribution in [-0.4, -0.2) is 0 Å². The minimum atomic E-state index is 1.23. The topological polar surface area (TPSA) is 58.7 Å². The number of nitrogens with zero attached hydrogens (tertiary/aromatic N) is 3. The maximum atomic E-state index is 6.75. The van der Waals surface area contributed by atoms with Gasteiger partial charge in [-0.1, -0.05) is 72.8 Å². The van der Waals surface area contributed by atoms with E-state index in [2.05, 4.69) is 36.4 Å². The fraction of sp³-hybridized carbons (Fsp3) is 0. The smallest absolute Gasteiger partial charge is 0.0256 e. The number of hydrogen-bond acceptors (Lipinski definition) is 0. The highest BCUT2D eigenvalue weighted by molar-refractivity contribution is 5.69. The molecule has 0 unspecified atom stereocenters. The van der Waals surface area contributed by atoms with Crippen molar-refractivity contribution in [3.05, 3.63) is 87.8 Å². The van der Waals surface area contributed by atoms with Crippen LogP contribution in [0.15, 0.2) is 60.7 Å². The van der Waals surface area contributed by atoms with Crippen LogP contribution in [0, 0.1) is 0 Å². The van der Waals surface area contributed by atoms with E-state index in [1.807, 2.05) is 36.4 Å². The molecule has 0 aliphatic rings. The van der Waals surface area contributed by atoms with Crippen LogP contribution < -0.4 is 0 Å². The van der Waals surface area contributed by atoms with Crippen molar-refractivity contribution < 1.29 is 0 Å². The van der Waals surface area contributed by atoms with Gasteiger partial charge in [0, 0.05) is 0 Å². The molecule has 0 aliphatic heterocycles. The van der Waals surface area contributed by atoms with Crippen LogP contribution >= 0.6 is 0 Å². The molecule has 17 heavy (non-hydrogen) atoms. The Balaban J connectivity index is 0.000000437. The Kier molecular flexibility index (Phi) is 5.72. The van der Waals surface area contributed by atoms with Crippen LogP contribution in [0.25, 0.3) is 28.1 Å². The second-order valence-electron chi connectivity index (χ2n) is 3.24. The maximum absolute atomic E-state index is 6.75. The highest BCUT2D eigenvalue weighted by Crippen LogP contribution is 2.06. The van der Waals surface area contributed by atoms with Crippen molar-refractivity contribution in [2.24, 2.45) is 0 Å². The first-order valence-corrected chi connectivity index (χ1v) is 5.13. The van der Waals surface area contributed by atoms with Gasteiger partial charge >= 0.3 is 0 Å². The predicted molar refractivity (Wildman–Crippen MR) is 71.9 cm³/mol. The van der Waals surface area contributed by atoms with Crippen LogP contribution in [0.5, 0.6) is 0 Å². The molecule has 0 spiro atoms. The predicted octanol–water partition coefficient (Wildman–Crippen LogP) is 4.72. The number of hydrogen-bond donors (Lipinski definition) is 0. The molecule has 0 radical (unpaired) electrons. The lowest BCUT2D eigenvalue weighted by atomic mass is 10.1. The summed E-state index contributed by atoms with van der Waals surface area (Å²) >= 11 is 0. The molecular formula is C14H12N3-. The van der Waals surface area contributed by atoms with Gasteiger partial charge in [-0.3, -0.25) is 4.91 Å². The van der Waals surface area contributed by atoms with Gasteiger partial charge in [-0.2, -0.15) is 0 Å². The normalized spacial score (nSPS) is 9.18. The largest absolute Gasteiger partial charge is 0.373 e. The van der Waals surface area contributed by atoms with Crippen LogP contribution in [-0.2, 0) is 0 Å². The highest BCUT2D eigenvalue weighted by Gasteiger charge is 1.84. The van der Waals surface area contributed by atoms with E-state index in [9.17, 15) is 0 Å². The molecule has 0 saturated heterocycles. The summed E-state index contributed by atoms with van der Waals surface area (Å²) in [6, 6.07) is 20.6. The molecule has 0 N–H and O–H groups in total. The van der Waals surface area contributed by atoms with E-state index in [-0.39, 0.29) is 0 Å². The average Bonchev–Trinajstić information content (AvgIpc) is 2.40. The first kappa shape index (κ1) is 12.6. The van der Waals surface area contributed by atoms with Crippen molar-refractivity contribution in [3.8, 4) is 0 Å². The SMILES string of the molecule is C(=Cc1ccccc1)c1ccccc1.[N-]=[N+]=[N-]. The molecule has 0 amide bonds. The fourth-order valence-electron chi connectivity index (χ4n) is 1.32. The van der Waals surface area contributed by atoms with Crippen LogP contribution in [0.4, 0.5) is 0 Å². The van der Waals surface area contributed by atoms with E-state index >= 15 is 0 Å². The molecule has 3 heteroatoms. The summed E-state index contributed by atoms with van der Waals surface area (Å²) in [5.74, 6) is 0. The highest BCUT2D eigenvalue weighted by atomic mass is 15.0. The van der Waals surface area contributed by atoms with E-state index in [4.69, 9.17) is 11.1 Å². The van der Waals surface area contributed by atoms with E-state index in [0.29, 0.717) is 0 Å². The minimum absolute atomic E-state index is 1.23. The lowest BCUT2D eigenvalue weighted by Crippen LogP contribution is -1.70. The fourth-order valence-corrected chi connectivity index (χ4v) is 1.32. The van der Waals surface area contributed by atoms with E-state index in [1.165, 1.54) is 16.0 Å². The van der Waals surface area contributed by atoms with E-state index in [1.54, 1.807) is 0 Å². The molecule has 0 heterocycles. The summed E-state index contributed by atoms with van der Waals surface area (Å²) in [7, 11) is 0. The standard InChI is InChI=1S/C14H12.N3/c1-3-7-13(8-4-1)11-12-14-9-5-2-6-10-14;1-3-2/h1-12H;/q;-1. The third kappa shape index (κ3) is 5.21. The molecule has 0 saturated carbocycles. The van der Waals surface area contributed by atoms with Crippen molar-refractivity contribution in [3.63, 3.8) is 0 Å². The first-order valence-electron chi connectivity index (χ1n) is 5.13. The van der Waals surface area contributed by atoms with Crippen molar-refractivity contribution >= 4 is 12.2 Å². The van der Waals surface area contributed by atoms with Gasteiger partial charge in [0.2, 0.25) is 0 Å². The molecule has 3 nitrogen and oxygen atoms in total. The Bertz CT molecular complexity index is 442. The molecule has 0 aromatic heterocycles. The summed E-state index contributed by atoms with van der Waals surface area (Å²) < 4.78 is 0. The van der Waals surface area contributed by atoms with Gasteiger partial charge in [0.15, 0.2) is 0 Å². The molecule has 0 aliphatic carbocycles. The second kappa shape index (κ2) is 7.74. The van der Waals surface area contributed by atoms with Gasteiger partial charge in [0.25, 0.3) is 0 Å². The van der Waals surface area contributed by atoms with Gasteiger partial charge in [0.1, 0.15) is 0 Å². The van der Waals surface area contributed by atoms with Gasteiger partial charge in [0.05, 0.1) is 0 Å². The van der Waals surface area contributed by atoms with Crippen molar-refractivity contribution in [1.29, 1.82) is 0 Å². The Hall–Kier alpha value is -2.51. The first-order chi connectivity index (χ1) is 8.36. The Morgan fingerprint density at radius 3 is 1.24 bits per heavy atom. The van der Waals surface area contributed by atoms with Gasteiger partial charge in [-0.15, -0.1) is 0 Å². The van der Waals surface area contributed by atoms with Crippen LogP contribution in [0.1, 0.15) is 11.1 Å². The molecule has 0 atom stereocenters. The minimum Gasteiger partial charge on any atom is -0.373 e. The molecule has 0 fully saturated rings. The Morgan fingerprint density at radius 2 is 0.941 bits per heavy atom. The summed E-state index contributed by atoms with van der Waals surface area (Å²) in [6.45, 7) is 0. The molecule has 2 aromatic rings. The monoisotopic (exact) mass is 222 g/mol. The van der Waals surface area contributed by atoms with Gasteiger partial charge in [-0.05, 0) is 11.1 Å². The van der Waals surface area contributed by atoms with Crippen molar-refractivity contribution in [1.82, 2.24) is 0 Å². The zero-order valence-electron chi connectivity index (χ0n) is 9.27. The third-order valence-electron chi connectivity index (χ3n) is 2.07. The maximum Gasteiger partial charge on any atom is -0.0256 e. The summed E-state index contributed by atoms with van der Waals surface area (Å²) in [4.78, 5) is 1.50. The van der Waals surface area contributed by atoms with Crippen molar-refractivity contribution in [2.45, 2.75) is 0 Å². The van der Waals surface area contributed by atoms with Crippen molar-refractivity contribution in [2.75, 3.05) is 0 Å². The molecule has 0 bridgehead atoms. The molecule has 84 valence electrons. The zero-order chi connectivity index (χ0) is 12.3. The van der Waals surface area contributed by atoms with Crippen LogP contribution in [0.3, 0.4) is 0 Å². The van der Waals surface area contributed by atoms with E-state index in [0.717, 1.165) is 0 Å². The number of benzene rings is 2. The lowest BCUT2D eigenvalue weighted by molar-refractivity contribution is 1.65. The molecule has 2 rings (SSSR count). The average molecular weight is 222 g/mol. The quantitative estimate of drug-likeness (QED) is 0.305. The molecule has 2 aromatic carbocycles. The van der Waals surface area contributed by atoms with Gasteiger partial charge < -0.3 is 11.1 Å². The third-order valence-corrected chi connectivity index (χ3v) is 2.07. The van der Waals surface area contributed by atoms with Crippen LogP contribution in [0.2, 0.25) is 0 Å². The molecular weight excluding hydrogens is 210 g/mol. The Morgan fingerprint density at radius 1 is 0.647 bits per heavy atom. The summed E-state index contributed by atoms with van der Waals surface area (Å²) in [5, 5.41) is 0. The Labute approximate surface area is 100 Å². The van der Waals surface area contributed by atoms with E-state index < -0.39 is 0 Å². The second-order valence-corrected chi connectivity index (χ2v) is 3.24. The van der Waals surface area contributed by atoms with Gasteiger partial charge in [-0.25, -0.2) is 0 Å². The summed E-state index contributed by atoms with van der Waals surface area (Å²) in [5.41, 5.74) is 16.0. The number of rotatable bonds is 2.